The number of ether oxygens (including phenoxy) is 1. The SMILES string of the molecule is CC(=NC1CCN(C(=O)OC(C)(C)C)CC1)/C(=N\N)c1cc(O)c2c(F)cnn2c1. The number of likely N-dealkylation sites (tertiary alicyclic amines) is 1. The molecule has 0 aromatic carbocycles. The van der Waals surface area contributed by atoms with Crippen LogP contribution in [0, 0.1) is 5.82 Å². The zero-order valence-corrected chi connectivity index (χ0v) is 17.6. The number of aromatic hydroxyl groups is 1. The van der Waals surface area contributed by atoms with Gasteiger partial charge in [-0.25, -0.2) is 13.7 Å². The Labute approximate surface area is 174 Å². The van der Waals surface area contributed by atoms with Crippen LogP contribution in [0.3, 0.4) is 0 Å². The van der Waals surface area contributed by atoms with E-state index in [0.717, 1.165) is 6.20 Å². The molecular formula is C20H27FN6O3. The zero-order valence-electron chi connectivity index (χ0n) is 17.6. The van der Waals surface area contributed by atoms with Crippen LogP contribution in [-0.2, 0) is 4.74 Å². The maximum atomic E-state index is 13.7. The van der Waals surface area contributed by atoms with E-state index >= 15 is 0 Å². The van der Waals surface area contributed by atoms with Crippen LogP contribution in [0.25, 0.3) is 5.52 Å². The fraction of sp³-hybridized carbons (Fsp3) is 0.500. The second-order valence-corrected chi connectivity index (χ2v) is 8.29. The maximum Gasteiger partial charge on any atom is 0.410 e. The topological polar surface area (TPSA) is 118 Å². The van der Waals surface area contributed by atoms with Crippen molar-refractivity contribution in [3.8, 4) is 5.75 Å². The third kappa shape index (κ3) is 4.69. The molecule has 3 N–H and O–H groups in total. The molecule has 0 saturated carbocycles. The van der Waals surface area contributed by atoms with E-state index in [4.69, 9.17) is 15.6 Å². The fourth-order valence-electron chi connectivity index (χ4n) is 3.41. The molecule has 1 aliphatic heterocycles. The number of hydrazone groups is 1. The molecule has 0 unspecified atom stereocenters. The highest BCUT2D eigenvalue weighted by Crippen LogP contribution is 2.24. The van der Waals surface area contributed by atoms with Gasteiger partial charge in [0, 0.05) is 24.8 Å². The molecule has 30 heavy (non-hydrogen) atoms. The van der Waals surface area contributed by atoms with Crippen molar-refractivity contribution in [3.63, 3.8) is 0 Å². The van der Waals surface area contributed by atoms with Crippen molar-refractivity contribution in [3.05, 3.63) is 29.8 Å². The van der Waals surface area contributed by atoms with Crippen molar-refractivity contribution < 1.29 is 19.0 Å². The molecule has 1 amide bonds. The van der Waals surface area contributed by atoms with Gasteiger partial charge < -0.3 is 20.6 Å². The Balaban J connectivity index is 1.71. The normalized spacial score (nSPS) is 16.9. The summed E-state index contributed by atoms with van der Waals surface area (Å²) >= 11 is 0. The first kappa shape index (κ1) is 21.5. The first-order valence-corrected chi connectivity index (χ1v) is 9.76. The third-order valence-electron chi connectivity index (χ3n) is 4.78. The summed E-state index contributed by atoms with van der Waals surface area (Å²) in [7, 11) is 0. The van der Waals surface area contributed by atoms with Crippen LogP contribution in [0.2, 0.25) is 0 Å². The van der Waals surface area contributed by atoms with Crippen LogP contribution in [0.4, 0.5) is 9.18 Å². The number of rotatable bonds is 3. The fourth-order valence-corrected chi connectivity index (χ4v) is 3.41. The van der Waals surface area contributed by atoms with Crippen LogP contribution in [0.1, 0.15) is 46.1 Å². The monoisotopic (exact) mass is 418 g/mol. The Kier molecular flexibility index (Phi) is 5.95. The minimum Gasteiger partial charge on any atom is -0.506 e. The second-order valence-electron chi connectivity index (χ2n) is 8.29. The Morgan fingerprint density at radius 3 is 2.63 bits per heavy atom. The summed E-state index contributed by atoms with van der Waals surface area (Å²) < 4.78 is 20.4. The summed E-state index contributed by atoms with van der Waals surface area (Å²) in [5, 5.41) is 17.8. The van der Waals surface area contributed by atoms with Crippen molar-refractivity contribution in [1.29, 1.82) is 0 Å². The van der Waals surface area contributed by atoms with Crippen molar-refractivity contribution in [2.75, 3.05) is 13.1 Å². The lowest BCUT2D eigenvalue weighted by Gasteiger charge is -2.32. The molecule has 3 rings (SSSR count). The molecule has 1 aliphatic rings. The zero-order chi connectivity index (χ0) is 22.1. The second kappa shape index (κ2) is 8.29. The van der Waals surface area contributed by atoms with E-state index in [0.29, 0.717) is 42.9 Å². The first-order valence-electron chi connectivity index (χ1n) is 9.76. The lowest BCUT2D eigenvalue weighted by atomic mass is 10.0. The van der Waals surface area contributed by atoms with Crippen LogP contribution < -0.4 is 5.84 Å². The summed E-state index contributed by atoms with van der Waals surface area (Å²) in [4.78, 5) is 18.6. The predicted octanol–water partition coefficient (Wildman–Crippen LogP) is 2.70. The van der Waals surface area contributed by atoms with Gasteiger partial charge >= 0.3 is 6.09 Å². The highest BCUT2D eigenvalue weighted by atomic mass is 19.1. The third-order valence-corrected chi connectivity index (χ3v) is 4.78. The van der Waals surface area contributed by atoms with Gasteiger partial charge in [0.1, 0.15) is 22.6 Å². The van der Waals surface area contributed by atoms with Gasteiger partial charge in [-0.1, -0.05) is 0 Å². The van der Waals surface area contributed by atoms with Gasteiger partial charge in [0.15, 0.2) is 5.82 Å². The quantitative estimate of drug-likeness (QED) is 0.451. The van der Waals surface area contributed by atoms with Crippen molar-refractivity contribution >= 4 is 23.0 Å². The standard InChI is InChI=1S/C20H27FN6O3/c1-12(24-14-5-7-26(8-6-14)19(29)30-20(2,3)4)17(25-22)13-9-16(28)18-15(21)10-23-27(18)11-13/h9-11,14,28H,5-8,22H2,1-4H3/b24-12?,25-17+. The number of nitrogens with zero attached hydrogens (tertiary/aromatic N) is 5. The molecule has 0 atom stereocenters. The van der Waals surface area contributed by atoms with E-state index in [9.17, 15) is 14.3 Å². The van der Waals surface area contributed by atoms with Gasteiger partial charge in [-0.3, -0.25) is 4.99 Å². The summed E-state index contributed by atoms with van der Waals surface area (Å²) in [5.74, 6) is 4.70. The smallest absolute Gasteiger partial charge is 0.410 e. The average molecular weight is 418 g/mol. The maximum absolute atomic E-state index is 13.7. The number of fused-ring (bicyclic) bond motifs is 1. The number of piperidine rings is 1. The average Bonchev–Trinajstić information content (AvgIpc) is 3.03. The number of halogens is 1. The van der Waals surface area contributed by atoms with Crippen LogP contribution >= 0.6 is 0 Å². The molecule has 1 saturated heterocycles. The van der Waals surface area contributed by atoms with Gasteiger partial charge in [-0.2, -0.15) is 10.2 Å². The molecule has 10 heteroatoms. The molecular weight excluding hydrogens is 391 g/mol. The van der Waals surface area contributed by atoms with Gasteiger partial charge in [-0.05, 0) is 46.6 Å². The Bertz CT molecular complexity index is 1000. The van der Waals surface area contributed by atoms with E-state index in [1.807, 2.05) is 20.8 Å². The summed E-state index contributed by atoms with van der Waals surface area (Å²) in [6.45, 7) is 8.38. The highest BCUT2D eigenvalue weighted by molar-refractivity contribution is 6.47. The molecule has 1 fully saturated rings. The first-order chi connectivity index (χ1) is 14.1. The number of hydrogen-bond acceptors (Lipinski definition) is 7. The Hall–Kier alpha value is -3.17. The number of pyridine rings is 1. The Morgan fingerprint density at radius 2 is 2.03 bits per heavy atom. The van der Waals surface area contributed by atoms with Crippen molar-refractivity contribution in [2.45, 2.75) is 52.2 Å². The molecule has 162 valence electrons. The molecule has 2 aromatic rings. The van der Waals surface area contributed by atoms with Crippen LogP contribution in [0.15, 0.2) is 28.6 Å². The van der Waals surface area contributed by atoms with Gasteiger partial charge in [0.25, 0.3) is 0 Å². The number of aliphatic imine (C=N–C) groups is 1. The summed E-state index contributed by atoms with van der Waals surface area (Å²) in [6.07, 6.45) is 3.61. The lowest BCUT2D eigenvalue weighted by Crippen LogP contribution is -2.42. The van der Waals surface area contributed by atoms with E-state index in [1.165, 1.54) is 16.8 Å². The molecule has 0 spiro atoms. The molecule has 3 heterocycles. The van der Waals surface area contributed by atoms with E-state index < -0.39 is 11.4 Å². The van der Waals surface area contributed by atoms with Crippen LogP contribution in [-0.4, -0.2) is 61.9 Å². The van der Waals surface area contributed by atoms with E-state index in [-0.39, 0.29) is 23.4 Å². The van der Waals surface area contributed by atoms with Crippen molar-refractivity contribution in [1.82, 2.24) is 14.5 Å². The number of carbonyl (C=O) groups is 1. The van der Waals surface area contributed by atoms with Crippen molar-refractivity contribution in [2.24, 2.45) is 15.9 Å². The predicted molar refractivity (Wildman–Crippen MR) is 111 cm³/mol. The molecule has 0 aliphatic carbocycles. The molecule has 0 radical (unpaired) electrons. The number of nitrogens with two attached hydrogens (primary N) is 1. The highest BCUT2D eigenvalue weighted by Gasteiger charge is 2.27. The summed E-state index contributed by atoms with van der Waals surface area (Å²) in [5.41, 5.74) is 0.883. The molecule has 2 aromatic heterocycles. The van der Waals surface area contributed by atoms with E-state index in [1.54, 1.807) is 11.8 Å². The van der Waals surface area contributed by atoms with E-state index in [2.05, 4.69) is 10.2 Å². The minimum atomic E-state index is -0.618. The van der Waals surface area contributed by atoms with Gasteiger partial charge in [0.2, 0.25) is 0 Å². The number of hydrogen-bond donors (Lipinski definition) is 2. The lowest BCUT2D eigenvalue weighted by molar-refractivity contribution is 0.0207. The molecule has 9 nitrogen and oxygen atoms in total. The minimum absolute atomic E-state index is 0.0000809. The Morgan fingerprint density at radius 1 is 1.37 bits per heavy atom. The summed E-state index contributed by atoms with van der Waals surface area (Å²) in [6, 6.07) is 1.38. The van der Waals surface area contributed by atoms with Gasteiger partial charge in [0.05, 0.1) is 18.0 Å². The number of carbonyl (C=O) groups excluding carboxylic acids is 1. The number of amides is 1. The van der Waals surface area contributed by atoms with Gasteiger partial charge in [-0.15, -0.1) is 0 Å². The number of aromatic nitrogens is 2. The molecule has 0 bridgehead atoms. The largest absolute Gasteiger partial charge is 0.506 e. The van der Waals surface area contributed by atoms with Crippen LogP contribution in [0.5, 0.6) is 5.75 Å².